The molecule has 1 amide bonds. The molecule has 2 aliphatic rings. The summed E-state index contributed by atoms with van der Waals surface area (Å²) < 4.78 is 52.1. The third-order valence-corrected chi connectivity index (χ3v) is 5.75. The summed E-state index contributed by atoms with van der Waals surface area (Å²) in [7, 11) is -4.07. The number of rotatable bonds is 3. The third-order valence-electron chi connectivity index (χ3n) is 4.36. The minimum absolute atomic E-state index is 0.217. The number of fused-ring (bicyclic) bond motifs is 1. The lowest BCUT2D eigenvalue weighted by Crippen LogP contribution is -2.58. The maximum absolute atomic E-state index is 13.9. The zero-order valence-electron chi connectivity index (χ0n) is 11.4. The van der Waals surface area contributed by atoms with E-state index < -0.39 is 21.2 Å². The van der Waals surface area contributed by atoms with E-state index in [2.05, 4.69) is 0 Å². The van der Waals surface area contributed by atoms with E-state index in [0.29, 0.717) is 12.8 Å². The first-order valence-corrected chi connectivity index (χ1v) is 8.41. The summed E-state index contributed by atoms with van der Waals surface area (Å²) >= 11 is 0. The summed E-state index contributed by atoms with van der Waals surface area (Å²) in [5.41, 5.74) is 0. The first-order valence-electron chi connectivity index (χ1n) is 6.93. The molecule has 116 valence electrons. The molecule has 8 heteroatoms. The maximum atomic E-state index is 13.9. The van der Waals surface area contributed by atoms with Gasteiger partial charge in [0.05, 0.1) is 0 Å². The number of nitrogens with zero attached hydrogens (tertiary/aromatic N) is 1. The van der Waals surface area contributed by atoms with Crippen LogP contribution in [-0.2, 0) is 14.8 Å². The summed E-state index contributed by atoms with van der Waals surface area (Å²) in [6.45, 7) is 0.217. The van der Waals surface area contributed by atoms with Gasteiger partial charge in [0.25, 0.3) is 10.0 Å². The number of nitrogens with one attached hydrogen (secondary N) is 1. The van der Waals surface area contributed by atoms with Gasteiger partial charge in [0, 0.05) is 12.6 Å². The van der Waals surface area contributed by atoms with Gasteiger partial charge in [0.15, 0.2) is 0 Å². The molecule has 20 heavy (non-hydrogen) atoms. The van der Waals surface area contributed by atoms with Crippen molar-refractivity contribution >= 4 is 15.9 Å². The number of carbonyl (C=O) groups is 1. The molecule has 1 saturated heterocycles. The molecule has 2 fully saturated rings. The van der Waals surface area contributed by atoms with Crippen molar-refractivity contribution in [2.24, 2.45) is 5.92 Å². The Balaban J connectivity index is 2.23. The Labute approximate surface area is 117 Å². The molecular weight excluding hydrogens is 290 g/mol. The molecule has 5 nitrogen and oxygen atoms in total. The molecule has 2 unspecified atom stereocenters. The van der Waals surface area contributed by atoms with Gasteiger partial charge in [0.1, 0.15) is 0 Å². The van der Waals surface area contributed by atoms with Crippen molar-refractivity contribution < 1.29 is 22.0 Å². The Morgan fingerprint density at radius 2 is 1.80 bits per heavy atom. The van der Waals surface area contributed by atoms with Gasteiger partial charge in [-0.1, -0.05) is 12.8 Å². The summed E-state index contributed by atoms with van der Waals surface area (Å²) in [6.07, 6.45) is 5.15. The van der Waals surface area contributed by atoms with Crippen LogP contribution in [0.1, 0.15) is 38.5 Å². The van der Waals surface area contributed by atoms with E-state index >= 15 is 0 Å². The normalized spacial score (nSPS) is 28.1. The van der Waals surface area contributed by atoms with E-state index in [-0.39, 0.29) is 18.5 Å². The standard InChI is InChI=1S/C12H20F2N2O3S/c1-15-20(18,19)12(13,14)11(17)16-8-4-6-9-5-2-3-7-10(9)16/h9-10,15H,2-8H2,1H3. The highest BCUT2D eigenvalue weighted by Gasteiger charge is 2.56. The van der Waals surface area contributed by atoms with Gasteiger partial charge >= 0.3 is 11.2 Å². The zero-order valence-corrected chi connectivity index (χ0v) is 12.3. The van der Waals surface area contributed by atoms with Crippen LogP contribution in [0.4, 0.5) is 8.78 Å². The lowest BCUT2D eigenvalue weighted by atomic mass is 9.78. The predicted molar refractivity (Wildman–Crippen MR) is 69.6 cm³/mol. The molecule has 1 aliphatic heterocycles. The van der Waals surface area contributed by atoms with E-state index in [1.807, 2.05) is 0 Å². The smallest absolute Gasteiger partial charge is 0.333 e. The molecule has 1 saturated carbocycles. The van der Waals surface area contributed by atoms with Gasteiger partial charge in [0.2, 0.25) is 0 Å². The second-order valence-corrected chi connectivity index (χ2v) is 7.40. The maximum Gasteiger partial charge on any atom is 0.435 e. The highest BCUT2D eigenvalue weighted by molar-refractivity contribution is 7.91. The van der Waals surface area contributed by atoms with Crippen molar-refractivity contribution in [3.05, 3.63) is 0 Å². The van der Waals surface area contributed by atoms with Gasteiger partial charge in [-0.3, -0.25) is 4.79 Å². The summed E-state index contributed by atoms with van der Waals surface area (Å²) in [4.78, 5) is 13.1. The van der Waals surface area contributed by atoms with E-state index in [1.54, 1.807) is 4.72 Å². The average molecular weight is 310 g/mol. The van der Waals surface area contributed by atoms with Gasteiger partial charge in [-0.25, -0.2) is 13.1 Å². The third kappa shape index (κ3) is 2.55. The highest BCUT2D eigenvalue weighted by Crippen LogP contribution is 2.37. The molecule has 0 aromatic rings. The van der Waals surface area contributed by atoms with Crippen LogP contribution in [0.25, 0.3) is 0 Å². The quantitative estimate of drug-likeness (QED) is 0.854. The van der Waals surface area contributed by atoms with Crippen LogP contribution in [0, 0.1) is 5.92 Å². The molecule has 0 radical (unpaired) electrons. The summed E-state index contributed by atoms with van der Waals surface area (Å²) in [6, 6.07) is -0.233. The molecule has 1 N–H and O–H groups in total. The predicted octanol–water partition coefficient (Wildman–Crippen LogP) is 1.31. The number of halogens is 2. The monoisotopic (exact) mass is 310 g/mol. The molecule has 1 heterocycles. The highest BCUT2D eigenvalue weighted by atomic mass is 32.2. The Kier molecular flexibility index (Phi) is 4.34. The molecule has 0 aromatic heterocycles. The van der Waals surface area contributed by atoms with Crippen LogP contribution in [0.2, 0.25) is 0 Å². The van der Waals surface area contributed by atoms with E-state index in [1.165, 1.54) is 0 Å². The lowest BCUT2D eigenvalue weighted by molar-refractivity contribution is -0.153. The molecule has 0 bridgehead atoms. The minimum atomic E-state index is -4.96. The molecule has 2 rings (SSSR count). The largest absolute Gasteiger partial charge is 0.435 e. The Morgan fingerprint density at radius 1 is 1.20 bits per heavy atom. The van der Waals surface area contributed by atoms with Crippen molar-refractivity contribution in [1.82, 2.24) is 9.62 Å². The second kappa shape index (κ2) is 5.55. The van der Waals surface area contributed by atoms with Crippen LogP contribution in [0.3, 0.4) is 0 Å². The fourth-order valence-electron chi connectivity index (χ4n) is 3.29. The summed E-state index contributed by atoms with van der Waals surface area (Å²) in [5.74, 6) is -1.35. The molecule has 0 spiro atoms. The van der Waals surface area contributed by atoms with Crippen molar-refractivity contribution in [3.8, 4) is 0 Å². The minimum Gasteiger partial charge on any atom is -0.333 e. The van der Waals surface area contributed by atoms with Crippen molar-refractivity contribution in [1.29, 1.82) is 0 Å². The van der Waals surface area contributed by atoms with E-state index in [9.17, 15) is 22.0 Å². The molecule has 1 aliphatic carbocycles. The van der Waals surface area contributed by atoms with Gasteiger partial charge in [-0.2, -0.15) is 8.78 Å². The van der Waals surface area contributed by atoms with Crippen LogP contribution in [0.15, 0.2) is 0 Å². The van der Waals surface area contributed by atoms with Crippen LogP contribution in [-0.4, -0.2) is 44.1 Å². The van der Waals surface area contributed by atoms with Crippen molar-refractivity contribution in [3.63, 3.8) is 0 Å². The fraction of sp³-hybridized carbons (Fsp3) is 0.917. The molecule has 2 atom stereocenters. The topological polar surface area (TPSA) is 66.5 Å². The number of carbonyl (C=O) groups excluding carboxylic acids is 1. The SMILES string of the molecule is CNS(=O)(=O)C(F)(F)C(=O)N1CCCC2CCCCC21. The number of hydrogen-bond acceptors (Lipinski definition) is 3. The Morgan fingerprint density at radius 3 is 2.45 bits per heavy atom. The van der Waals surface area contributed by atoms with Crippen LogP contribution in [0.5, 0.6) is 0 Å². The average Bonchev–Trinajstić information content (AvgIpc) is 2.45. The van der Waals surface area contributed by atoms with Gasteiger partial charge < -0.3 is 4.90 Å². The summed E-state index contributed by atoms with van der Waals surface area (Å²) in [5, 5.41) is -4.40. The van der Waals surface area contributed by atoms with Crippen molar-refractivity contribution in [2.75, 3.05) is 13.6 Å². The number of alkyl halides is 2. The number of sulfonamides is 1. The number of amides is 1. The van der Waals surface area contributed by atoms with Gasteiger partial charge in [-0.05, 0) is 38.6 Å². The molecule has 0 aromatic carbocycles. The first-order chi connectivity index (χ1) is 9.31. The number of piperidine rings is 1. The Hall–Kier alpha value is -0.760. The first kappa shape index (κ1) is 15.6. The Bertz CT molecular complexity index is 479. The van der Waals surface area contributed by atoms with Crippen LogP contribution < -0.4 is 4.72 Å². The van der Waals surface area contributed by atoms with E-state index in [0.717, 1.165) is 37.6 Å². The fourth-order valence-corrected chi connectivity index (χ4v) is 3.89. The van der Waals surface area contributed by atoms with E-state index in [4.69, 9.17) is 0 Å². The number of hydrogen-bond donors (Lipinski definition) is 1. The van der Waals surface area contributed by atoms with Gasteiger partial charge in [-0.15, -0.1) is 0 Å². The lowest BCUT2D eigenvalue weighted by Gasteiger charge is -2.44. The van der Waals surface area contributed by atoms with Crippen molar-refractivity contribution in [2.45, 2.75) is 49.8 Å². The number of likely N-dealkylation sites (tertiary alicyclic amines) is 1. The molecular formula is C12H20F2N2O3S. The second-order valence-electron chi connectivity index (χ2n) is 5.48. The zero-order chi connectivity index (χ0) is 15.0. The van der Waals surface area contributed by atoms with Crippen LogP contribution >= 0.6 is 0 Å².